The Morgan fingerprint density at radius 3 is 2.21 bits per heavy atom. The van der Waals surface area contributed by atoms with Gasteiger partial charge in [0.2, 0.25) is 11.8 Å². The molecule has 1 atom stereocenters. The Kier molecular flexibility index (Phi) is 9.80. The van der Waals surface area contributed by atoms with Crippen molar-refractivity contribution in [3.8, 4) is 0 Å². The topological polar surface area (TPSA) is 86.8 Å². The van der Waals surface area contributed by atoms with Crippen molar-refractivity contribution < 1.29 is 18.0 Å². The monoisotopic (exact) mass is 611 g/mol. The second kappa shape index (κ2) is 13.3. The van der Waals surface area contributed by atoms with E-state index in [-0.39, 0.29) is 23.4 Å². The van der Waals surface area contributed by atoms with E-state index in [1.54, 1.807) is 42.5 Å². The van der Waals surface area contributed by atoms with Crippen molar-refractivity contribution in [3.63, 3.8) is 0 Å². The molecule has 0 heterocycles. The van der Waals surface area contributed by atoms with Crippen molar-refractivity contribution in [2.24, 2.45) is 0 Å². The van der Waals surface area contributed by atoms with Crippen LogP contribution in [0.25, 0.3) is 0 Å². The molecule has 1 saturated carbocycles. The average Bonchev–Trinajstić information content (AvgIpc) is 3.45. The zero-order valence-corrected chi connectivity index (χ0v) is 24.4. The van der Waals surface area contributed by atoms with Gasteiger partial charge in [0.15, 0.2) is 0 Å². The third-order valence-corrected chi connectivity index (χ3v) is 9.27. The van der Waals surface area contributed by atoms with Gasteiger partial charge >= 0.3 is 0 Å². The summed E-state index contributed by atoms with van der Waals surface area (Å²) >= 11 is 3.42. The zero-order valence-electron chi connectivity index (χ0n) is 22.0. The number of sulfonamides is 1. The Morgan fingerprint density at radius 1 is 0.949 bits per heavy atom. The lowest BCUT2D eigenvalue weighted by Crippen LogP contribution is -2.53. The highest BCUT2D eigenvalue weighted by Crippen LogP contribution is 2.27. The molecule has 0 aromatic heterocycles. The zero-order chi connectivity index (χ0) is 27.8. The van der Waals surface area contributed by atoms with Crippen molar-refractivity contribution in [1.82, 2.24) is 10.2 Å². The molecule has 1 N–H and O–H groups in total. The summed E-state index contributed by atoms with van der Waals surface area (Å²) in [5, 5.41) is 3.13. The second-order valence-corrected chi connectivity index (χ2v) is 12.5. The minimum absolute atomic E-state index is 0.0819. The van der Waals surface area contributed by atoms with Crippen molar-refractivity contribution in [2.45, 2.75) is 62.6 Å². The van der Waals surface area contributed by atoms with Crippen LogP contribution in [0.3, 0.4) is 0 Å². The first-order valence-corrected chi connectivity index (χ1v) is 15.5. The Morgan fingerprint density at radius 2 is 1.59 bits per heavy atom. The summed E-state index contributed by atoms with van der Waals surface area (Å²) in [5.41, 5.74) is 1.21. The van der Waals surface area contributed by atoms with Crippen LogP contribution in [-0.4, -0.2) is 43.8 Å². The molecule has 4 rings (SSSR count). The number of amides is 2. The highest BCUT2D eigenvalue weighted by molar-refractivity contribution is 9.10. The van der Waals surface area contributed by atoms with Gasteiger partial charge in [0.1, 0.15) is 12.6 Å². The molecule has 3 aromatic carbocycles. The van der Waals surface area contributed by atoms with Crippen LogP contribution in [0.15, 0.2) is 94.3 Å². The molecular formula is C30H34BrN3O4S. The third-order valence-electron chi connectivity index (χ3n) is 6.99. The van der Waals surface area contributed by atoms with E-state index < -0.39 is 28.5 Å². The van der Waals surface area contributed by atoms with Crippen molar-refractivity contribution in [2.75, 3.05) is 10.8 Å². The van der Waals surface area contributed by atoms with E-state index >= 15 is 0 Å². The molecule has 1 aliphatic carbocycles. The van der Waals surface area contributed by atoms with Gasteiger partial charge < -0.3 is 10.2 Å². The molecule has 2 amide bonds. The Bertz CT molecular complexity index is 1360. The number of anilines is 1. The van der Waals surface area contributed by atoms with Crippen LogP contribution in [0.1, 0.15) is 44.6 Å². The smallest absolute Gasteiger partial charge is 0.264 e. The number of nitrogens with zero attached hydrogens (tertiary/aromatic N) is 2. The van der Waals surface area contributed by atoms with Crippen LogP contribution >= 0.6 is 15.9 Å². The van der Waals surface area contributed by atoms with Gasteiger partial charge in [0.05, 0.1) is 10.6 Å². The van der Waals surface area contributed by atoms with E-state index in [9.17, 15) is 18.0 Å². The molecule has 7 nitrogen and oxygen atoms in total. The summed E-state index contributed by atoms with van der Waals surface area (Å²) in [7, 11) is -4.08. The maximum Gasteiger partial charge on any atom is 0.264 e. The number of carbonyl (C=O) groups excluding carboxylic acids is 2. The molecule has 1 fully saturated rings. The minimum atomic E-state index is -4.08. The van der Waals surface area contributed by atoms with E-state index in [1.165, 1.54) is 17.0 Å². The number of rotatable bonds is 11. The van der Waals surface area contributed by atoms with Crippen molar-refractivity contribution in [3.05, 3.63) is 95.0 Å². The fourth-order valence-electron chi connectivity index (χ4n) is 4.95. The lowest BCUT2D eigenvalue weighted by atomic mass is 10.1. The molecule has 0 radical (unpaired) electrons. The van der Waals surface area contributed by atoms with E-state index in [2.05, 4.69) is 21.2 Å². The fourth-order valence-corrected chi connectivity index (χ4v) is 6.76. The lowest BCUT2D eigenvalue weighted by Gasteiger charge is -2.33. The SMILES string of the molecule is CCC(C(=O)NC1CCCC1)N(Cc1ccccc1)C(=O)CN(c1cccc(Br)c1)S(=O)(=O)c1ccccc1. The normalized spacial score (nSPS) is 14.5. The first kappa shape index (κ1) is 28.8. The summed E-state index contributed by atoms with van der Waals surface area (Å²) in [6, 6.07) is 23.7. The summed E-state index contributed by atoms with van der Waals surface area (Å²) in [5.74, 6) is -0.652. The van der Waals surface area contributed by atoms with Gasteiger partial charge in [0, 0.05) is 17.1 Å². The number of hydrogen-bond acceptors (Lipinski definition) is 4. The predicted octanol–water partition coefficient (Wildman–Crippen LogP) is 5.51. The highest BCUT2D eigenvalue weighted by Gasteiger charge is 2.34. The molecule has 39 heavy (non-hydrogen) atoms. The summed E-state index contributed by atoms with van der Waals surface area (Å²) in [6.45, 7) is 1.61. The van der Waals surface area contributed by atoms with Crippen LogP contribution in [-0.2, 0) is 26.2 Å². The Labute approximate surface area is 239 Å². The summed E-state index contributed by atoms with van der Waals surface area (Å²) in [4.78, 5) is 29.1. The van der Waals surface area contributed by atoms with Gasteiger partial charge in [-0.05, 0) is 55.2 Å². The standard InChI is InChI=1S/C30H34BrN3O4S/c1-2-28(30(36)32-25-15-9-10-16-25)33(21-23-12-5-3-6-13-23)29(35)22-34(26-17-11-14-24(31)20-26)39(37,38)27-18-7-4-8-19-27/h3-8,11-14,17-20,25,28H,2,9-10,15-16,21-22H2,1H3,(H,32,36). The largest absolute Gasteiger partial charge is 0.352 e. The average molecular weight is 613 g/mol. The van der Waals surface area contributed by atoms with Gasteiger partial charge in [-0.1, -0.05) is 90.3 Å². The van der Waals surface area contributed by atoms with E-state index in [1.807, 2.05) is 37.3 Å². The summed E-state index contributed by atoms with van der Waals surface area (Å²) < 4.78 is 29.5. The number of carbonyl (C=O) groups is 2. The van der Waals surface area contributed by atoms with Gasteiger partial charge in [-0.25, -0.2) is 8.42 Å². The predicted molar refractivity (Wildman–Crippen MR) is 157 cm³/mol. The van der Waals surface area contributed by atoms with Crippen LogP contribution in [0, 0.1) is 0 Å². The maximum absolute atomic E-state index is 14.1. The third kappa shape index (κ3) is 7.28. The second-order valence-electron chi connectivity index (χ2n) is 9.73. The van der Waals surface area contributed by atoms with Crippen LogP contribution < -0.4 is 9.62 Å². The number of benzene rings is 3. The molecule has 0 aliphatic heterocycles. The molecular weight excluding hydrogens is 578 g/mol. The first-order valence-electron chi connectivity index (χ1n) is 13.3. The quantitative estimate of drug-likeness (QED) is 0.310. The number of nitrogens with one attached hydrogen (secondary N) is 1. The lowest BCUT2D eigenvalue weighted by molar-refractivity contribution is -0.140. The fraction of sp³-hybridized carbons (Fsp3) is 0.333. The first-order chi connectivity index (χ1) is 18.8. The van der Waals surface area contributed by atoms with Crippen LogP contribution in [0.2, 0.25) is 0 Å². The molecule has 0 spiro atoms. The van der Waals surface area contributed by atoms with E-state index in [4.69, 9.17) is 0 Å². The van der Waals surface area contributed by atoms with Crippen LogP contribution in [0.5, 0.6) is 0 Å². The Balaban J connectivity index is 1.69. The van der Waals surface area contributed by atoms with Crippen molar-refractivity contribution >= 4 is 43.5 Å². The Hall–Kier alpha value is -3.17. The van der Waals surface area contributed by atoms with Gasteiger partial charge in [-0.3, -0.25) is 13.9 Å². The molecule has 0 bridgehead atoms. The van der Waals surface area contributed by atoms with Gasteiger partial charge in [-0.2, -0.15) is 0 Å². The van der Waals surface area contributed by atoms with E-state index in [0.717, 1.165) is 35.6 Å². The molecule has 9 heteroatoms. The minimum Gasteiger partial charge on any atom is -0.352 e. The van der Waals surface area contributed by atoms with Gasteiger partial charge in [-0.15, -0.1) is 0 Å². The molecule has 3 aromatic rings. The van der Waals surface area contributed by atoms with Gasteiger partial charge in [0.25, 0.3) is 10.0 Å². The summed E-state index contributed by atoms with van der Waals surface area (Å²) in [6.07, 6.45) is 4.42. The molecule has 1 aliphatic rings. The highest BCUT2D eigenvalue weighted by atomic mass is 79.9. The maximum atomic E-state index is 14.1. The van der Waals surface area contributed by atoms with Crippen molar-refractivity contribution in [1.29, 1.82) is 0 Å². The number of halogens is 1. The molecule has 206 valence electrons. The molecule has 1 unspecified atom stereocenters. The number of hydrogen-bond donors (Lipinski definition) is 1. The molecule has 0 saturated heterocycles. The van der Waals surface area contributed by atoms with E-state index in [0.29, 0.717) is 16.6 Å². The van der Waals surface area contributed by atoms with Crippen LogP contribution in [0.4, 0.5) is 5.69 Å².